The van der Waals surface area contributed by atoms with Gasteiger partial charge in [-0.25, -0.2) is 0 Å². The minimum Gasteiger partial charge on any atom is -0.312 e. The fraction of sp³-hybridized carbons (Fsp3) is 0.467. The van der Waals surface area contributed by atoms with E-state index in [9.17, 15) is 0 Å². The van der Waals surface area contributed by atoms with E-state index in [2.05, 4.69) is 44.3 Å². The van der Waals surface area contributed by atoms with Crippen molar-refractivity contribution in [2.75, 3.05) is 6.54 Å². The normalized spacial score (nSPS) is 11.2. The second-order valence-electron chi connectivity index (χ2n) is 4.53. The molecule has 0 fully saturated rings. The Kier molecular flexibility index (Phi) is 4.19. The van der Waals surface area contributed by atoms with Crippen molar-refractivity contribution in [2.45, 2.75) is 40.2 Å². The van der Waals surface area contributed by atoms with Gasteiger partial charge in [0.2, 0.25) is 0 Å². The fourth-order valence-corrected chi connectivity index (χ4v) is 3.42. The van der Waals surface area contributed by atoms with Gasteiger partial charge in [0.25, 0.3) is 0 Å². The smallest absolute Gasteiger partial charge is 0.0349 e. The SMILES string of the molecule is CCCc1c(CNCC)sc2ccc(C)cc12. The maximum Gasteiger partial charge on any atom is 0.0349 e. The summed E-state index contributed by atoms with van der Waals surface area (Å²) in [6.45, 7) is 8.66. The lowest BCUT2D eigenvalue weighted by molar-refractivity contribution is 0.728. The van der Waals surface area contributed by atoms with Gasteiger partial charge in [-0.15, -0.1) is 11.3 Å². The highest BCUT2D eigenvalue weighted by Crippen LogP contribution is 2.32. The number of rotatable bonds is 5. The van der Waals surface area contributed by atoms with Crippen molar-refractivity contribution < 1.29 is 0 Å². The van der Waals surface area contributed by atoms with Gasteiger partial charge >= 0.3 is 0 Å². The van der Waals surface area contributed by atoms with E-state index in [1.54, 1.807) is 5.56 Å². The Morgan fingerprint density at radius 3 is 2.76 bits per heavy atom. The lowest BCUT2D eigenvalue weighted by Crippen LogP contribution is -2.11. The van der Waals surface area contributed by atoms with E-state index in [1.165, 1.54) is 33.4 Å². The quantitative estimate of drug-likeness (QED) is 0.832. The zero-order valence-corrected chi connectivity index (χ0v) is 11.8. The first-order valence-electron chi connectivity index (χ1n) is 6.47. The van der Waals surface area contributed by atoms with Crippen LogP contribution in [0.5, 0.6) is 0 Å². The van der Waals surface area contributed by atoms with Crippen LogP contribution in [0.15, 0.2) is 18.2 Å². The molecule has 0 saturated carbocycles. The molecule has 1 nitrogen and oxygen atoms in total. The highest BCUT2D eigenvalue weighted by molar-refractivity contribution is 7.19. The Balaban J connectivity index is 2.46. The molecule has 0 bridgehead atoms. The molecule has 1 heterocycles. The van der Waals surface area contributed by atoms with Crippen LogP contribution in [0.25, 0.3) is 10.1 Å². The molecule has 0 aliphatic carbocycles. The first-order valence-corrected chi connectivity index (χ1v) is 7.29. The molecular formula is C15H21NS. The zero-order chi connectivity index (χ0) is 12.3. The van der Waals surface area contributed by atoms with E-state index in [4.69, 9.17) is 0 Å². The third-order valence-electron chi connectivity index (χ3n) is 3.07. The van der Waals surface area contributed by atoms with E-state index in [-0.39, 0.29) is 0 Å². The summed E-state index contributed by atoms with van der Waals surface area (Å²) in [6, 6.07) is 6.82. The second-order valence-corrected chi connectivity index (χ2v) is 5.67. The van der Waals surface area contributed by atoms with Crippen molar-refractivity contribution in [3.8, 4) is 0 Å². The molecule has 2 aromatic rings. The van der Waals surface area contributed by atoms with Crippen molar-refractivity contribution in [3.63, 3.8) is 0 Å². The highest BCUT2D eigenvalue weighted by atomic mass is 32.1. The molecule has 0 amide bonds. The van der Waals surface area contributed by atoms with Crippen molar-refractivity contribution >= 4 is 21.4 Å². The van der Waals surface area contributed by atoms with Gasteiger partial charge in [0, 0.05) is 16.1 Å². The molecule has 0 spiro atoms. The number of hydrogen-bond acceptors (Lipinski definition) is 2. The minimum absolute atomic E-state index is 1.02. The first-order chi connectivity index (χ1) is 8.26. The maximum atomic E-state index is 3.45. The molecule has 0 atom stereocenters. The number of benzene rings is 1. The van der Waals surface area contributed by atoms with Crippen molar-refractivity contribution in [1.82, 2.24) is 5.32 Å². The number of thiophene rings is 1. The summed E-state index contributed by atoms with van der Waals surface area (Å²) in [7, 11) is 0. The molecule has 0 radical (unpaired) electrons. The average Bonchev–Trinajstić information content (AvgIpc) is 2.65. The van der Waals surface area contributed by atoms with Crippen LogP contribution in [0.2, 0.25) is 0 Å². The highest BCUT2D eigenvalue weighted by Gasteiger charge is 2.10. The molecule has 2 heteroatoms. The molecule has 0 aliphatic rings. The summed E-state index contributed by atoms with van der Waals surface area (Å²) in [5, 5.41) is 4.93. The van der Waals surface area contributed by atoms with Crippen LogP contribution in [-0.4, -0.2) is 6.54 Å². The molecule has 1 N–H and O–H groups in total. The Morgan fingerprint density at radius 2 is 2.06 bits per heavy atom. The van der Waals surface area contributed by atoms with Crippen LogP contribution < -0.4 is 5.32 Å². The lowest BCUT2D eigenvalue weighted by Gasteiger charge is -2.04. The van der Waals surface area contributed by atoms with Gasteiger partial charge in [-0.3, -0.25) is 0 Å². The van der Waals surface area contributed by atoms with Gasteiger partial charge in [0.1, 0.15) is 0 Å². The van der Waals surface area contributed by atoms with Gasteiger partial charge < -0.3 is 5.32 Å². The summed E-state index contributed by atoms with van der Waals surface area (Å²) in [6.07, 6.45) is 2.42. The van der Waals surface area contributed by atoms with E-state index in [0.29, 0.717) is 0 Å². The van der Waals surface area contributed by atoms with Crippen LogP contribution in [0, 0.1) is 6.92 Å². The Labute approximate surface area is 108 Å². The van der Waals surface area contributed by atoms with Gasteiger partial charge in [-0.1, -0.05) is 38.0 Å². The first kappa shape index (κ1) is 12.6. The Bertz CT molecular complexity index is 499. The number of fused-ring (bicyclic) bond motifs is 1. The molecule has 0 aliphatic heterocycles. The molecule has 0 unspecified atom stereocenters. The summed E-state index contributed by atoms with van der Waals surface area (Å²) >= 11 is 1.95. The van der Waals surface area contributed by atoms with Gasteiger partial charge in [-0.05, 0) is 36.9 Å². The van der Waals surface area contributed by atoms with Crippen molar-refractivity contribution in [2.24, 2.45) is 0 Å². The zero-order valence-electron chi connectivity index (χ0n) is 11.0. The van der Waals surface area contributed by atoms with Gasteiger partial charge in [0.15, 0.2) is 0 Å². The minimum atomic E-state index is 1.02. The monoisotopic (exact) mass is 247 g/mol. The third kappa shape index (κ3) is 2.70. The Hall–Kier alpha value is -0.860. The van der Waals surface area contributed by atoms with Gasteiger partial charge in [0.05, 0.1) is 0 Å². The summed E-state index contributed by atoms with van der Waals surface area (Å²) in [4.78, 5) is 1.52. The standard InChI is InChI=1S/C15H21NS/c1-4-6-12-13-9-11(3)7-8-14(13)17-15(12)10-16-5-2/h7-9,16H,4-6,10H2,1-3H3. The number of aryl methyl sites for hydroxylation is 2. The maximum absolute atomic E-state index is 3.45. The second kappa shape index (κ2) is 5.65. The fourth-order valence-electron chi connectivity index (χ4n) is 2.22. The van der Waals surface area contributed by atoms with Crippen LogP contribution in [0.3, 0.4) is 0 Å². The molecule has 2 rings (SSSR count). The van der Waals surface area contributed by atoms with Gasteiger partial charge in [-0.2, -0.15) is 0 Å². The summed E-state index contributed by atoms with van der Waals surface area (Å²) in [5.74, 6) is 0. The number of nitrogens with one attached hydrogen (secondary N) is 1. The molecule has 1 aromatic carbocycles. The molecule has 1 aromatic heterocycles. The van der Waals surface area contributed by atoms with Crippen LogP contribution in [-0.2, 0) is 13.0 Å². The summed E-state index contributed by atoms with van der Waals surface area (Å²) < 4.78 is 1.44. The average molecular weight is 247 g/mol. The number of hydrogen-bond donors (Lipinski definition) is 1. The Morgan fingerprint density at radius 1 is 1.24 bits per heavy atom. The van der Waals surface area contributed by atoms with E-state index in [1.807, 2.05) is 11.3 Å². The molecule has 17 heavy (non-hydrogen) atoms. The van der Waals surface area contributed by atoms with Crippen LogP contribution in [0.1, 0.15) is 36.3 Å². The predicted octanol–water partition coefficient (Wildman–Crippen LogP) is 4.27. The van der Waals surface area contributed by atoms with E-state index in [0.717, 1.165) is 13.1 Å². The van der Waals surface area contributed by atoms with Crippen LogP contribution in [0.4, 0.5) is 0 Å². The predicted molar refractivity (Wildman–Crippen MR) is 77.9 cm³/mol. The lowest BCUT2D eigenvalue weighted by atomic mass is 10.0. The van der Waals surface area contributed by atoms with E-state index < -0.39 is 0 Å². The van der Waals surface area contributed by atoms with Crippen molar-refractivity contribution in [1.29, 1.82) is 0 Å². The third-order valence-corrected chi connectivity index (χ3v) is 4.28. The van der Waals surface area contributed by atoms with E-state index >= 15 is 0 Å². The summed E-state index contributed by atoms with van der Waals surface area (Å²) in [5.41, 5.74) is 2.93. The molecular weight excluding hydrogens is 226 g/mol. The molecule has 0 saturated heterocycles. The van der Waals surface area contributed by atoms with Crippen molar-refractivity contribution in [3.05, 3.63) is 34.2 Å². The van der Waals surface area contributed by atoms with Crippen LogP contribution >= 0.6 is 11.3 Å². The molecule has 92 valence electrons. The topological polar surface area (TPSA) is 12.0 Å². The largest absolute Gasteiger partial charge is 0.312 e.